The zero-order chi connectivity index (χ0) is 19.9. The van der Waals surface area contributed by atoms with Gasteiger partial charge < -0.3 is 14.2 Å². The smallest absolute Gasteiger partial charge is 0.213 e. The molecule has 0 fully saturated rings. The summed E-state index contributed by atoms with van der Waals surface area (Å²) in [5.74, 6) is 2.79. The molecular weight excluding hydrogens is 368 g/mol. The lowest BCUT2D eigenvalue weighted by Gasteiger charge is -2.15. The summed E-state index contributed by atoms with van der Waals surface area (Å²) >= 11 is 0. The normalized spacial score (nSPS) is 11.6. The minimum Gasteiger partial charge on any atom is -0.490 e. The highest BCUT2D eigenvalue weighted by Crippen LogP contribution is 2.25. The van der Waals surface area contributed by atoms with Gasteiger partial charge in [-0.15, -0.1) is 0 Å². The molecule has 29 heavy (non-hydrogen) atoms. The molecule has 0 aliphatic heterocycles. The number of nitrogens with zero attached hydrogens (tertiary/aromatic N) is 4. The fourth-order valence-electron chi connectivity index (χ4n) is 2.62. The van der Waals surface area contributed by atoms with Crippen LogP contribution in [0.2, 0.25) is 0 Å². The Morgan fingerprint density at radius 2 is 1.62 bits per heavy atom. The van der Waals surface area contributed by atoms with E-state index >= 15 is 0 Å². The van der Waals surface area contributed by atoms with E-state index in [1.807, 2.05) is 73.7 Å². The minimum absolute atomic E-state index is 0.121. The summed E-state index contributed by atoms with van der Waals surface area (Å²) in [6.45, 7) is 2.36. The van der Waals surface area contributed by atoms with E-state index in [2.05, 4.69) is 15.1 Å². The monoisotopic (exact) mass is 388 g/mol. The van der Waals surface area contributed by atoms with Gasteiger partial charge in [0, 0.05) is 12.3 Å². The van der Waals surface area contributed by atoms with E-state index in [1.54, 1.807) is 17.2 Å². The van der Waals surface area contributed by atoms with Gasteiger partial charge in [-0.3, -0.25) is 0 Å². The first-order valence-electron chi connectivity index (χ1n) is 9.20. The summed E-state index contributed by atoms with van der Waals surface area (Å²) in [5, 5.41) is 4.10. The Hall–Kier alpha value is -3.87. The zero-order valence-electron chi connectivity index (χ0n) is 15.9. The van der Waals surface area contributed by atoms with Gasteiger partial charge in [0.1, 0.15) is 42.6 Å². The fraction of sp³-hybridized carbons (Fsp3) is 0.136. The maximum atomic E-state index is 5.88. The lowest BCUT2D eigenvalue weighted by Crippen LogP contribution is -2.21. The van der Waals surface area contributed by atoms with Gasteiger partial charge >= 0.3 is 0 Å². The van der Waals surface area contributed by atoms with Gasteiger partial charge in [0.15, 0.2) is 0 Å². The SMILES string of the molecule is CC(COc1ccc(Oc2ccc(-n3cncn3)cc2)cc1)Oc1ccccn1. The number of rotatable bonds is 8. The van der Waals surface area contributed by atoms with E-state index in [0.29, 0.717) is 12.5 Å². The van der Waals surface area contributed by atoms with E-state index in [-0.39, 0.29) is 6.10 Å². The van der Waals surface area contributed by atoms with Crippen molar-refractivity contribution >= 4 is 0 Å². The number of ether oxygens (including phenoxy) is 3. The molecule has 0 saturated heterocycles. The highest BCUT2D eigenvalue weighted by molar-refractivity contribution is 5.39. The molecule has 1 atom stereocenters. The van der Waals surface area contributed by atoms with Crippen LogP contribution in [-0.2, 0) is 0 Å². The summed E-state index contributed by atoms with van der Waals surface area (Å²) in [6, 6.07) is 20.6. The predicted molar refractivity (Wildman–Crippen MR) is 108 cm³/mol. The van der Waals surface area contributed by atoms with Gasteiger partial charge in [-0.25, -0.2) is 14.6 Å². The molecule has 2 heterocycles. The predicted octanol–water partition coefficient (Wildman–Crippen LogP) is 4.30. The van der Waals surface area contributed by atoms with Crippen molar-refractivity contribution < 1.29 is 14.2 Å². The first-order valence-corrected chi connectivity index (χ1v) is 9.20. The summed E-state index contributed by atoms with van der Waals surface area (Å²) < 4.78 is 19.0. The summed E-state index contributed by atoms with van der Waals surface area (Å²) in [7, 11) is 0. The minimum atomic E-state index is -0.121. The number of benzene rings is 2. The molecule has 0 spiro atoms. The Morgan fingerprint density at radius 3 is 2.28 bits per heavy atom. The zero-order valence-corrected chi connectivity index (χ0v) is 15.9. The molecule has 0 aliphatic carbocycles. The molecule has 4 rings (SSSR count). The molecule has 2 aromatic heterocycles. The Morgan fingerprint density at radius 1 is 0.897 bits per heavy atom. The molecule has 146 valence electrons. The van der Waals surface area contributed by atoms with Gasteiger partial charge in [0.25, 0.3) is 0 Å². The number of hydrogen-bond donors (Lipinski definition) is 0. The van der Waals surface area contributed by atoms with E-state index in [4.69, 9.17) is 14.2 Å². The summed E-state index contributed by atoms with van der Waals surface area (Å²) in [6.07, 6.45) is 4.73. The van der Waals surface area contributed by atoms with E-state index in [0.717, 1.165) is 22.9 Å². The molecule has 4 aromatic rings. The maximum Gasteiger partial charge on any atom is 0.213 e. The highest BCUT2D eigenvalue weighted by Gasteiger charge is 2.06. The van der Waals surface area contributed by atoms with E-state index in [9.17, 15) is 0 Å². The van der Waals surface area contributed by atoms with E-state index < -0.39 is 0 Å². The van der Waals surface area contributed by atoms with Crippen LogP contribution >= 0.6 is 0 Å². The van der Waals surface area contributed by atoms with Crippen molar-refractivity contribution in [2.24, 2.45) is 0 Å². The molecule has 0 aliphatic rings. The third-order valence-corrected chi connectivity index (χ3v) is 4.02. The lowest BCUT2D eigenvalue weighted by molar-refractivity contribution is 0.138. The highest BCUT2D eigenvalue weighted by atomic mass is 16.5. The lowest BCUT2D eigenvalue weighted by atomic mass is 10.3. The third-order valence-electron chi connectivity index (χ3n) is 4.02. The van der Waals surface area contributed by atoms with Crippen LogP contribution in [0.3, 0.4) is 0 Å². The van der Waals surface area contributed by atoms with Gasteiger partial charge in [0.2, 0.25) is 5.88 Å². The molecule has 0 amide bonds. The maximum absolute atomic E-state index is 5.88. The molecule has 1 unspecified atom stereocenters. The van der Waals surface area contributed by atoms with Gasteiger partial charge in [-0.1, -0.05) is 6.07 Å². The van der Waals surface area contributed by atoms with Crippen LogP contribution < -0.4 is 14.2 Å². The Balaban J connectivity index is 1.28. The number of pyridine rings is 1. The molecule has 0 N–H and O–H groups in total. The van der Waals surface area contributed by atoms with Crippen molar-refractivity contribution in [1.29, 1.82) is 0 Å². The van der Waals surface area contributed by atoms with Crippen molar-refractivity contribution in [3.05, 3.63) is 85.6 Å². The Bertz CT molecular complexity index is 1000. The van der Waals surface area contributed by atoms with Crippen molar-refractivity contribution in [2.75, 3.05) is 6.61 Å². The summed E-state index contributed by atoms with van der Waals surface area (Å²) in [5.41, 5.74) is 0.917. The van der Waals surface area contributed by atoms with Crippen LogP contribution in [-0.4, -0.2) is 32.5 Å². The molecule has 0 radical (unpaired) electrons. The van der Waals surface area contributed by atoms with Crippen molar-refractivity contribution in [2.45, 2.75) is 13.0 Å². The molecular formula is C22H20N4O3. The summed E-state index contributed by atoms with van der Waals surface area (Å²) in [4.78, 5) is 8.08. The Kier molecular flexibility index (Phi) is 5.66. The second-order valence-electron chi connectivity index (χ2n) is 6.31. The average molecular weight is 388 g/mol. The van der Waals surface area contributed by atoms with Crippen LogP contribution in [0.1, 0.15) is 6.92 Å². The molecule has 7 nitrogen and oxygen atoms in total. The standard InChI is InChI=1S/C22H20N4O3/c1-17(28-22-4-2-3-13-24-22)14-27-19-9-11-21(12-10-19)29-20-7-5-18(6-8-20)26-16-23-15-25-26/h2-13,15-17H,14H2,1H3. The van der Waals surface area contributed by atoms with Gasteiger partial charge in [-0.05, 0) is 61.5 Å². The first-order chi connectivity index (χ1) is 14.3. The van der Waals surface area contributed by atoms with Crippen LogP contribution in [0.5, 0.6) is 23.1 Å². The van der Waals surface area contributed by atoms with E-state index in [1.165, 1.54) is 6.33 Å². The Labute approximate surface area is 168 Å². The third kappa shape index (κ3) is 5.10. The topological polar surface area (TPSA) is 71.3 Å². The molecule has 7 heteroatoms. The van der Waals surface area contributed by atoms with Crippen molar-refractivity contribution in [3.8, 4) is 28.8 Å². The number of hydrogen-bond acceptors (Lipinski definition) is 6. The van der Waals surface area contributed by atoms with Crippen LogP contribution in [0, 0.1) is 0 Å². The second-order valence-corrected chi connectivity index (χ2v) is 6.31. The van der Waals surface area contributed by atoms with Crippen molar-refractivity contribution in [1.82, 2.24) is 19.7 Å². The molecule has 0 saturated carbocycles. The van der Waals surface area contributed by atoms with Crippen LogP contribution in [0.4, 0.5) is 0 Å². The quantitative estimate of drug-likeness (QED) is 0.448. The van der Waals surface area contributed by atoms with Gasteiger partial charge in [-0.2, -0.15) is 5.10 Å². The second kappa shape index (κ2) is 8.88. The molecule has 0 bridgehead atoms. The van der Waals surface area contributed by atoms with Crippen molar-refractivity contribution in [3.63, 3.8) is 0 Å². The van der Waals surface area contributed by atoms with Crippen LogP contribution in [0.15, 0.2) is 85.6 Å². The van der Waals surface area contributed by atoms with Gasteiger partial charge in [0.05, 0.1) is 5.69 Å². The largest absolute Gasteiger partial charge is 0.490 e. The van der Waals surface area contributed by atoms with Crippen LogP contribution in [0.25, 0.3) is 5.69 Å². The number of aromatic nitrogens is 4. The fourth-order valence-corrected chi connectivity index (χ4v) is 2.62. The first kappa shape index (κ1) is 18.5. The molecule has 2 aromatic carbocycles. The average Bonchev–Trinajstić information content (AvgIpc) is 3.29.